The van der Waals surface area contributed by atoms with E-state index in [1.165, 1.54) is 22.0 Å². The monoisotopic (exact) mass is 236 g/mol. The summed E-state index contributed by atoms with van der Waals surface area (Å²) >= 11 is 0. The molecule has 0 saturated carbocycles. The van der Waals surface area contributed by atoms with E-state index in [-0.39, 0.29) is 10.8 Å². The number of hydrogen-bond acceptors (Lipinski definition) is 0. The number of benzene rings is 1. The van der Waals surface area contributed by atoms with Crippen LogP contribution in [0.1, 0.15) is 58.2 Å². The molecule has 1 heteroatoms. The maximum Gasteiger partial charge on any atom is -0.0123 e. The van der Waals surface area contributed by atoms with E-state index in [2.05, 4.69) is 69.8 Å². The molecule has 90 valence electrons. The van der Waals surface area contributed by atoms with Crippen LogP contribution in [0.2, 0.25) is 0 Å². The van der Waals surface area contributed by atoms with Crippen LogP contribution in [-0.2, 0) is 10.8 Å². The van der Waals surface area contributed by atoms with Crippen molar-refractivity contribution in [2.24, 2.45) is 0 Å². The average Bonchev–Trinajstić information content (AvgIpc) is 1.97. The molecule has 1 rings (SSSR count). The zero-order valence-electron chi connectivity index (χ0n) is 11.7. The molecule has 0 fully saturated rings. The van der Waals surface area contributed by atoms with Gasteiger partial charge in [-0.25, -0.2) is 0 Å². The summed E-state index contributed by atoms with van der Waals surface area (Å²) in [4.78, 5) is 0. The molecule has 0 spiro atoms. The Kier molecular flexibility index (Phi) is 3.56. The van der Waals surface area contributed by atoms with Crippen molar-refractivity contribution in [1.29, 1.82) is 0 Å². The normalized spacial score (nSPS) is 13.0. The van der Waals surface area contributed by atoms with Crippen LogP contribution >= 0.6 is 9.24 Å². The predicted molar refractivity (Wildman–Crippen MR) is 77.9 cm³/mol. The zero-order valence-corrected chi connectivity index (χ0v) is 12.9. The molecule has 1 atom stereocenters. The van der Waals surface area contributed by atoms with E-state index in [9.17, 15) is 0 Å². The van der Waals surface area contributed by atoms with E-state index in [4.69, 9.17) is 0 Å². The molecule has 0 nitrogen and oxygen atoms in total. The smallest absolute Gasteiger partial charge is 0.0123 e. The van der Waals surface area contributed by atoms with E-state index in [1.54, 1.807) is 0 Å². The lowest BCUT2D eigenvalue weighted by atomic mass is 9.78. The molecule has 1 aromatic rings. The van der Waals surface area contributed by atoms with Gasteiger partial charge in [-0.1, -0.05) is 53.7 Å². The molecule has 0 aliphatic carbocycles. The summed E-state index contributed by atoms with van der Waals surface area (Å²) in [7, 11) is 2.95. The standard InChI is InChI=1S/C15H25P/c1-10-8-9-11(14(2,3)4)13(16)12(10)15(5,6)7/h8-9H,16H2,1-7H3. The Hall–Kier alpha value is -0.350. The molecule has 16 heavy (non-hydrogen) atoms. The van der Waals surface area contributed by atoms with Crippen molar-refractivity contribution < 1.29 is 0 Å². The van der Waals surface area contributed by atoms with Gasteiger partial charge in [0.05, 0.1) is 0 Å². The highest BCUT2D eigenvalue weighted by molar-refractivity contribution is 7.27. The van der Waals surface area contributed by atoms with Crippen LogP contribution in [0.5, 0.6) is 0 Å². The lowest BCUT2D eigenvalue weighted by Gasteiger charge is -2.30. The van der Waals surface area contributed by atoms with Gasteiger partial charge in [0.2, 0.25) is 0 Å². The fourth-order valence-electron chi connectivity index (χ4n) is 2.38. The first-order valence-electron chi connectivity index (χ1n) is 5.95. The summed E-state index contributed by atoms with van der Waals surface area (Å²) in [5.74, 6) is 0. The van der Waals surface area contributed by atoms with E-state index in [1.807, 2.05) is 0 Å². The first-order chi connectivity index (χ1) is 7.05. The fraction of sp³-hybridized carbons (Fsp3) is 0.600. The van der Waals surface area contributed by atoms with Crippen LogP contribution in [0.25, 0.3) is 0 Å². The highest BCUT2D eigenvalue weighted by Crippen LogP contribution is 2.30. The van der Waals surface area contributed by atoms with Crippen molar-refractivity contribution in [3.8, 4) is 0 Å². The third kappa shape index (κ3) is 2.66. The van der Waals surface area contributed by atoms with Crippen molar-refractivity contribution in [1.82, 2.24) is 0 Å². The molecule has 1 unspecified atom stereocenters. The molecular formula is C15H25P. The highest BCUT2D eigenvalue weighted by Gasteiger charge is 2.24. The second kappa shape index (κ2) is 4.15. The topological polar surface area (TPSA) is 0 Å². The van der Waals surface area contributed by atoms with Crippen molar-refractivity contribution in [2.45, 2.75) is 59.3 Å². The molecule has 0 saturated heterocycles. The minimum atomic E-state index is 0.211. The summed E-state index contributed by atoms with van der Waals surface area (Å²) in [6.45, 7) is 15.9. The second-order valence-corrected chi connectivity index (χ2v) is 7.30. The van der Waals surface area contributed by atoms with Gasteiger partial charge in [0.1, 0.15) is 0 Å². The van der Waals surface area contributed by atoms with Crippen LogP contribution < -0.4 is 5.30 Å². The first-order valence-corrected chi connectivity index (χ1v) is 6.53. The number of rotatable bonds is 0. The zero-order chi connectivity index (χ0) is 12.7. The van der Waals surface area contributed by atoms with Gasteiger partial charge in [0, 0.05) is 0 Å². The van der Waals surface area contributed by atoms with E-state index in [0.717, 1.165) is 0 Å². The Balaban J connectivity index is 3.52. The van der Waals surface area contributed by atoms with Gasteiger partial charge < -0.3 is 0 Å². The second-order valence-electron chi connectivity index (χ2n) is 6.72. The summed E-state index contributed by atoms with van der Waals surface area (Å²) in [5, 5.41) is 1.39. The molecule has 0 heterocycles. The lowest BCUT2D eigenvalue weighted by Crippen LogP contribution is -2.28. The molecule has 0 radical (unpaired) electrons. The SMILES string of the molecule is Cc1ccc(C(C)(C)C)c(P)c1C(C)(C)C. The van der Waals surface area contributed by atoms with Crippen molar-refractivity contribution in [3.63, 3.8) is 0 Å². The Morgan fingerprint density at radius 2 is 1.38 bits per heavy atom. The highest BCUT2D eigenvalue weighted by atomic mass is 31.0. The Labute approximate surface area is 103 Å². The largest absolute Gasteiger partial charge is 0.105 e. The Morgan fingerprint density at radius 3 is 1.75 bits per heavy atom. The molecule has 0 N–H and O–H groups in total. The van der Waals surface area contributed by atoms with Crippen LogP contribution in [0.4, 0.5) is 0 Å². The summed E-state index contributed by atoms with van der Waals surface area (Å²) in [5.41, 5.74) is 4.73. The summed E-state index contributed by atoms with van der Waals surface area (Å²) in [6, 6.07) is 4.53. The van der Waals surface area contributed by atoms with Gasteiger partial charge in [-0.2, -0.15) is 0 Å². The van der Waals surface area contributed by atoms with Gasteiger partial charge in [0.15, 0.2) is 0 Å². The first kappa shape index (κ1) is 13.7. The van der Waals surface area contributed by atoms with Gasteiger partial charge in [0.25, 0.3) is 0 Å². The molecule has 0 aromatic heterocycles. The van der Waals surface area contributed by atoms with Crippen molar-refractivity contribution in [3.05, 3.63) is 28.8 Å². The van der Waals surface area contributed by atoms with Gasteiger partial charge in [-0.15, -0.1) is 9.24 Å². The number of hydrogen-bond donors (Lipinski definition) is 0. The molecule has 1 aromatic carbocycles. The molecule has 0 bridgehead atoms. The Bertz CT molecular complexity index is 389. The van der Waals surface area contributed by atoms with Crippen LogP contribution in [0.3, 0.4) is 0 Å². The minimum absolute atomic E-state index is 0.211. The van der Waals surface area contributed by atoms with Gasteiger partial charge in [-0.05, 0) is 39.7 Å². The number of aryl methyl sites for hydroxylation is 1. The quantitative estimate of drug-likeness (QED) is 0.595. The van der Waals surface area contributed by atoms with E-state index >= 15 is 0 Å². The average molecular weight is 236 g/mol. The molecule has 0 aliphatic heterocycles. The van der Waals surface area contributed by atoms with E-state index < -0.39 is 0 Å². The van der Waals surface area contributed by atoms with Crippen LogP contribution in [0, 0.1) is 6.92 Å². The van der Waals surface area contributed by atoms with Crippen molar-refractivity contribution in [2.75, 3.05) is 0 Å². The summed E-state index contributed by atoms with van der Waals surface area (Å²) in [6.07, 6.45) is 0. The summed E-state index contributed by atoms with van der Waals surface area (Å²) < 4.78 is 0. The third-order valence-electron chi connectivity index (χ3n) is 3.01. The third-order valence-corrected chi connectivity index (χ3v) is 3.61. The van der Waals surface area contributed by atoms with E-state index in [0.29, 0.717) is 0 Å². The minimum Gasteiger partial charge on any atom is -0.105 e. The fourth-order valence-corrected chi connectivity index (χ4v) is 3.57. The lowest BCUT2D eigenvalue weighted by molar-refractivity contribution is 0.573. The molecular weight excluding hydrogens is 211 g/mol. The maximum absolute atomic E-state index is 2.95. The van der Waals surface area contributed by atoms with Crippen LogP contribution in [0.15, 0.2) is 12.1 Å². The van der Waals surface area contributed by atoms with Crippen LogP contribution in [-0.4, -0.2) is 0 Å². The van der Waals surface area contributed by atoms with Gasteiger partial charge >= 0.3 is 0 Å². The molecule has 0 amide bonds. The van der Waals surface area contributed by atoms with Crippen molar-refractivity contribution >= 4 is 14.5 Å². The maximum atomic E-state index is 2.95. The molecule has 0 aliphatic rings. The Morgan fingerprint density at radius 1 is 0.875 bits per heavy atom. The predicted octanol–water partition coefficient (Wildman–Crippen LogP) is 4.09. The van der Waals surface area contributed by atoms with Gasteiger partial charge in [-0.3, -0.25) is 0 Å².